The number of ether oxygens (including phenoxy) is 2. The van der Waals surface area contributed by atoms with Gasteiger partial charge >= 0.3 is 12.0 Å². The average molecular weight is 491 g/mol. The van der Waals surface area contributed by atoms with Gasteiger partial charge in [-0.25, -0.2) is 9.59 Å². The second-order valence-electron chi connectivity index (χ2n) is 9.65. The van der Waals surface area contributed by atoms with Gasteiger partial charge in [0.05, 0.1) is 6.54 Å². The molecule has 1 aromatic carbocycles. The van der Waals surface area contributed by atoms with Gasteiger partial charge in [-0.05, 0) is 56.2 Å². The largest absolute Gasteiger partial charge is 0.492 e. The molecule has 1 unspecified atom stereocenters. The van der Waals surface area contributed by atoms with Crippen LogP contribution in [0.3, 0.4) is 0 Å². The van der Waals surface area contributed by atoms with Gasteiger partial charge in [0.25, 0.3) is 0 Å². The third-order valence-electron chi connectivity index (χ3n) is 6.71. The summed E-state index contributed by atoms with van der Waals surface area (Å²) >= 11 is 0. The van der Waals surface area contributed by atoms with Gasteiger partial charge in [0, 0.05) is 25.6 Å². The number of carbonyl (C=O) groups is 2. The molecule has 198 valence electrons. The molecule has 7 heteroatoms. The lowest BCUT2D eigenvalue weighted by molar-refractivity contribution is -0.149. The fraction of sp³-hybridized carbons (Fsp3) is 0.714. The van der Waals surface area contributed by atoms with Crippen LogP contribution in [0.4, 0.5) is 4.79 Å². The Bertz CT molecular complexity index is 727. The fourth-order valence-electron chi connectivity index (χ4n) is 4.87. The van der Waals surface area contributed by atoms with E-state index in [0.717, 1.165) is 50.6 Å². The molecule has 2 amide bonds. The third-order valence-corrected chi connectivity index (χ3v) is 6.71. The molecule has 2 rings (SSSR count). The Morgan fingerprint density at radius 1 is 1.06 bits per heavy atom. The highest BCUT2D eigenvalue weighted by Crippen LogP contribution is 2.20. The van der Waals surface area contributed by atoms with E-state index in [0.29, 0.717) is 37.8 Å². The number of carbonyl (C=O) groups excluding carboxylic acids is 1. The molecular formula is C28H46N2O5. The maximum Gasteiger partial charge on any atom is 0.333 e. The molecule has 1 aliphatic rings. The van der Waals surface area contributed by atoms with Gasteiger partial charge in [0.15, 0.2) is 6.10 Å². The normalized spacial score (nSPS) is 15.1. The fourth-order valence-corrected chi connectivity index (χ4v) is 4.87. The summed E-state index contributed by atoms with van der Waals surface area (Å²) < 4.78 is 11.3. The molecule has 2 N–H and O–H groups in total. The maximum atomic E-state index is 13.2. The zero-order chi connectivity index (χ0) is 25.5. The molecular weight excluding hydrogens is 444 g/mol. The lowest BCUT2D eigenvalue weighted by Gasteiger charge is -2.31. The predicted octanol–water partition coefficient (Wildman–Crippen LogP) is 5.66. The molecule has 0 bridgehead atoms. The van der Waals surface area contributed by atoms with Crippen molar-refractivity contribution in [2.75, 3.05) is 26.3 Å². The number of hydrogen-bond donors (Lipinski definition) is 2. The van der Waals surface area contributed by atoms with Crippen molar-refractivity contribution in [3.63, 3.8) is 0 Å². The summed E-state index contributed by atoms with van der Waals surface area (Å²) in [5.41, 5.74) is 0.883. The van der Waals surface area contributed by atoms with Crippen LogP contribution >= 0.6 is 0 Å². The molecule has 7 nitrogen and oxygen atoms in total. The topological polar surface area (TPSA) is 88.1 Å². The van der Waals surface area contributed by atoms with Gasteiger partial charge in [-0.2, -0.15) is 0 Å². The van der Waals surface area contributed by atoms with E-state index in [1.54, 1.807) is 6.92 Å². The minimum Gasteiger partial charge on any atom is -0.492 e. The molecule has 0 saturated heterocycles. The summed E-state index contributed by atoms with van der Waals surface area (Å²) in [5, 5.41) is 12.6. The molecule has 0 aliphatic heterocycles. The molecule has 35 heavy (non-hydrogen) atoms. The average Bonchev–Trinajstić information content (AvgIpc) is 2.85. The number of carboxylic acid groups (broad SMARTS) is 1. The van der Waals surface area contributed by atoms with Gasteiger partial charge in [0.1, 0.15) is 12.4 Å². The standard InChI is InChI=1S/C28H46N2O5/c1-4-10-23(11-5-2)21-30(28(33)29-24-12-8-7-9-13-24)18-19-35-25-16-14-22(15-17-25)20-26(27(31)32)34-6-3/h14-17,23-24,26H,4-13,18-21H2,1-3H3,(H,29,33)(H,31,32). The van der Waals surface area contributed by atoms with Crippen LogP contribution in [-0.2, 0) is 16.0 Å². The quantitative estimate of drug-likeness (QED) is 0.312. The van der Waals surface area contributed by atoms with Crippen LogP contribution in [0.15, 0.2) is 24.3 Å². The number of nitrogens with zero attached hydrogens (tertiary/aromatic N) is 1. The summed E-state index contributed by atoms with van der Waals surface area (Å²) in [5.74, 6) is 0.264. The summed E-state index contributed by atoms with van der Waals surface area (Å²) in [6.45, 7) is 8.27. The molecule has 0 aromatic heterocycles. The van der Waals surface area contributed by atoms with Gasteiger partial charge in [-0.15, -0.1) is 0 Å². The Labute approximate surface area is 211 Å². The lowest BCUT2D eigenvalue weighted by Crippen LogP contribution is -2.48. The number of aliphatic carboxylic acids is 1. The van der Waals surface area contributed by atoms with Crippen LogP contribution in [0, 0.1) is 5.92 Å². The van der Waals surface area contributed by atoms with Crippen molar-refractivity contribution in [2.45, 2.75) is 97.1 Å². The van der Waals surface area contributed by atoms with Crippen molar-refractivity contribution >= 4 is 12.0 Å². The Hall–Kier alpha value is -2.28. The first-order valence-electron chi connectivity index (χ1n) is 13.6. The highest BCUT2D eigenvalue weighted by atomic mass is 16.5. The van der Waals surface area contributed by atoms with E-state index in [9.17, 15) is 14.7 Å². The van der Waals surface area contributed by atoms with E-state index < -0.39 is 12.1 Å². The van der Waals surface area contributed by atoms with Gasteiger partial charge in [-0.3, -0.25) is 0 Å². The van der Waals surface area contributed by atoms with Crippen LogP contribution in [0.2, 0.25) is 0 Å². The number of carboxylic acids is 1. The molecule has 1 atom stereocenters. The van der Waals surface area contributed by atoms with Crippen molar-refractivity contribution in [3.05, 3.63) is 29.8 Å². The van der Waals surface area contributed by atoms with Crippen LogP contribution in [0.1, 0.15) is 84.1 Å². The Kier molecular flexibility index (Phi) is 13.6. The molecule has 0 spiro atoms. The molecule has 1 saturated carbocycles. The van der Waals surface area contributed by atoms with Crippen LogP contribution in [-0.4, -0.2) is 60.5 Å². The minimum absolute atomic E-state index is 0.0312. The molecule has 1 aromatic rings. The van der Waals surface area contributed by atoms with E-state index in [-0.39, 0.29) is 12.1 Å². The Morgan fingerprint density at radius 3 is 2.29 bits per heavy atom. The van der Waals surface area contributed by atoms with Crippen molar-refractivity contribution < 1.29 is 24.2 Å². The number of urea groups is 1. The van der Waals surface area contributed by atoms with E-state index in [2.05, 4.69) is 19.2 Å². The van der Waals surface area contributed by atoms with Crippen molar-refractivity contribution in [1.29, 1.82) is 0 Å². The van der Waals surface area contributed by atoms with Gasteiger partial charge < -0.3 is 24.8 Å². The van der Waals surface area contributed by atoms with Gasteiger partial charge in [0.2, 0.25) is 0 Å². The van der Waals surface area contributed by atoms with Crippen LogP contribution < -0.4 is 10.1 Å². The van der Waals surface area contributed by atoms with E-state index >= 15 is 0 Å². The Balaban J connectivity index is 1.93. The minimum atomic E-state index is -0.955. The first-order valence-corrected chi connectivity index (χ1v) is 13.6. The zero-order valence-corrected chi connectivity index (χ0v) is 22.0. The van der Waals surface area contributed by atoms with Crippen molar-refractivity contribution in [2.24, 2.45) is 5.92 Å². The SMILES string of the molecule is CCCC(CCC)CN(CCOc1ccc(CC(OCC)C(=O)O)cc1)C(=O)NC1CCCCC1. The zero-order valence-electron chi connectivity index (χ0n) is 22.0. The van der Waals surface area contributed by atoms with Crippen molar-refractivity contribution in [1.82, 2.24) is 10.2 Å². The molecule has 0 heterocycles. The molecule has 0 radical (unpaired) electrons. The van der Waals surface area contributed by atoms with Crippen molar-refractivity contribution in [3.8, 4) is 5.75 Å². The third kappa shape index (κ3) is 10.9. The van der Waals surface area contributed by atoms with Gasteiger partial charge in [-0.1, -0.05) is 58.1 Å². The van der Waals surface area contributed by atoms with E-state index in [4.69, 9.17) is 9.47 Å². The number of hydrogen-bond acceptors (Lipinski definition) is 4. The number of benzene rings is 1. The highest BCUT2D eigenvalue weighted by Gasteiger charge is 2.22. The Morgan fingerprint density at radius 2 is 1.71 bits per heavy atom. The first kappa shape index (κ1) is 29.0. The summed E-state index contributed by atoms with van der Waals surface area (Å²) in [7, 11) is 0. The number of amides is 2. The number of rotatable bonds is 16. The molecule has 1 fully saturated rings. The summed E-state index contributed by atoms with van der Waals surface area (Å²) in [6, 6.07) is 7.76. The molecule has 1 aliphatic carbocycles. The first-order chi connectivity index (χ1) is 17.0. The van der Waals surface area contributed by atoms with Crippen LogP contribution in [0.5, 0.6) is 5.75 Å². The van der Waals surface area contributed by atoms with Crippen LogP contribution in [0.25, 0.3) is 0 Å². The van der Waals surface area contributed by atoms with E-state index in [1.165, 1.54) is 19.3 Å². The second-order valence-corrected chi connectivity index (χ2v) is 9.65. The second kappa shape index (κ2) is 16.4. The highest BCUT2D eigenvalue weighted by molar-refractivity contribution is 5.74. The lowest BCUT2D eigenvalue weighted by atomic mass is 9.95. The summed E-state index contributed by atoms with van der Waals surface area (Å²) in [6.07, 6.45) is 9.76. The smallest absolute Gasteiger partial charge is 0.333 e. The summed E-state index contributed by atoms with van der Waals surface area (Å²) in [4.78, 5) is 26.4. The predicted molar refractivity (Wildman–Crippen MR) is 139 cm³/mol. The monoisotopic (exact) mass is 490 g/mol. The maximum absolute atomic E-state index is 13.2. The number of nitrogens with one attached hydrogen (secondary N) is 1. The van der Waals surface area contributed by atoms with E-state index in [1.807, 2.05) is 29.2 Å².